The summed E-state index contributed by atoms with van der Waals surface area (Å²) < 4.78 is 45.4. The van der Waals surface area contributed by atoms with Gasteiger partial charge in [0, 0.05) is 22.6 Å². The number of nitrogen functional groups attached to an aromatic ring is 1. The molecular formula is C36H47IN7O10P. The van der Waals surface area contributed by atoms with E-state index in [1.54, 1.807) is 52.0 Å². The van der Waals surface area contributed by atoms with Crippen LogP contribution in [0.25, 0.3) is 11.2 Å². The number of halogens is 1. The van der Waals surface area contributed by atoms with E-state index in [2.05, 4.69) is 25.1 Å². The molecule has 1 saturated heterocycles. The summed E-state index contributed by atoms with van der Waals surface area (Å²) in [5.74, 6) is -2.38. The molecule has 6 atom stereocenters. The van der Waals surface area contributed by atoms with E-state index in [-0.39, 0.29) is 36.2 Å². The summed E-state index contributed by atoms with van der Waals surface area (Å²) >= 11 is 1.92. The average molecular weight is 896 g/mol. The van der Waals surface area contributed by atoms with Crippen LogP contribution in [0.15, 0.2) is 60.7 Å². The highest BCUT2D eigenvalue weighted by molar-refractivity contribution is 14.1. The molecule has 298 valence electrons. The Hall–Kier alpha value is -3.75. The third-order valence-corrected chi connectivity index (χ3v) is 11.5. The molecule has 0 amide bonds. The van der Waals surface area contributed by atoms with Gasteiger partial charge in [-0.2, -0.15) is 9.97 Å². The lowest BCUT2D eigenvalue weighted by molar-refractivity contribution is -0.148. The van der Waals surface area contributed by atoms with Crippen molar-refractivity contribution < 1.29 is 47.8 Å². The van der Waals surface area contributed by atoms with Crippen LogP contribution in [0, 0.1) is 15.7 Å². The minimum Gasteiger partial charge on any atom is -0.479 e. The molecule has 2 aromatic carbocycles. The number of nitrogens with two attached hydrogens (primary N) is 1. The highest BCUT2D eigenvalue weighted by atomic mass is 127. The first-order valence-electron chi connectivity index (χ1n) is 17.6. The fraction of sp³-hybridized carbons (Fsp3) is 0.472. The maximum absolute atomic E-state index is 15.0. The second kappa shape index (κ2) is 18.0. The van der Waals surface area contributed by atoms with Crippen LogP contribution >= 0.6 is 30.3 Å². The quantitative estimate of drug-likeness (QED) is 0.0438. The van der Waals surface area contributed by atoms with Gasteiger partial charge in [0.25, 0.3) is 0 Å². The van der Waals surface area contributed by atoms with Crippen LogP contribution in [0.5, 0.6) is 5.88 Å². The topological polar surface area (TPSA) is 231 Å². The largest absolute Gasteiger partial charge is 0.479 e. The summed E-state index contributed by atoms with van der Waals surface area (Å²) in [6.45, 7) is 7.63. The molecule has 4 aromatic rings. The zero-order chi connectivity index (χ0) is 40.1. The van der Waals surface area contributed by atoms with Crippen molar-refractivity contribution in [1.82, 2.24) is 29.7 Å². The molecule has 6 N–H and O–H groups in total. The molecule has 1 aliphatic heterocycles. The van der Waals surface area contributed by atoms with Crippen molar-refractivity contribution in [3.05, 3.63) is 75.6 Å². The summed E-state index contributed by atoms with van der Waals surface area (Å²) in [5, 5.41) is 28.7. The summed E-state index contributed by atoms with van der Waals surface area (Å²) in [5.41, 5.74) is 5.87. The minimum absolute atomic E-state index is 0.0354. The van der Waals surface area contributed by atoms with E-state index < -0.39 is 74.2 Å². The molecule has 0 radical (unpaired) electrons. The molecule has 0 saturated carbocycles. The van der Waals surface area contributed by atoms with Crippen molar-refractivity contribution in [3.63, 3.8) is 0 Å². The fourth-order valence-electron chi connectivity index (χ4n) is 5.88. The monoisotopic (exact) mass is 895 g/mol. The zero-order valence-corrected chi connectivity index (χ0v) is 34.3. The number of rotatable bonds is 17. The second-order valence-electron chi connectivity index (χ2n) is 13.9. The molecular weight excluding hydrogens is 848 g/mol. The van der Waals surface area contributed by atoms with Gasteiger partial charge in [0.1, 0.15) is 43.1 Å². The van der Waals surface area contributed by atoms with Gasteiger partial charge in [-0.05, 0) is 29.9 Å². The van der Waals surface area contributed by atoms with E-state index in [1.165, 1.54) is 18.6 Å². The average Bonchev–Trinajstić information content (AvgIpc) is 3.59. The van der Waals surface area contributed by atoms with Crippen molar-refractivity contribution in [2.24, 2.45) is 11.8 Å². The molecule has 0 aliphatic carbocycles. The first-order valence-corrected chi connectivity index (χ1v) is 20.3. The fourth-order valence-corrected chi connectivity index (χ4v) is 8.73. The van der Waals surface area contributed by atoms with Gasteiger partial charge in [-0.25, -0.2) is 15.2 Å². The Morgan fingerprint density at radius 1 is 0.945 bits per heavy atom. The first kappa shape index (κ1) is 42.4. The molecule has 3 heterocycles. The number of fused-ring (bicyclic) bond motifs is 1. The van der Waals surface area contributed by atoms with Crippen LogP contribution in [-0.4, -0.2) is 85.3 Å². The van der Waals surface area contributed by atoms with E-state index in [0.29, 0.717) is 3.83 Å². The second-order valence-corrected chi connectivity index (χ2v) is 16.8. The number of methoxy groups -OCH3 is 1. The van der Waals surface area contributed by atoms with E-state index in [0.717, 1.165) is 11.1 Å². The van der Waals surface area contributed by atoms with E-state index in [4.69, 9.17) is 29.2 Å². The van der Waals surface area contributed by atoms with Crippen LogP contribution < -0.4 is 20.6 Å². The lowest BCUT2D eigenvalue weighted by Gasteiger charge is -2.31. The number of nitrogens with one attached hydrogen (secondary N) is 2. The molecule has 5 rings (SSSR count). The number of carbonyl (C=O) groups is 2. The number of ether oxygens (including phenoxy) is 4. The van der Waals surface area contributed by atoms with Crippen molar-refractivity contribution in [2.75, 3.05) is 19.5 Å². The van der Waals surface area contributed by atoms with Gasteiger partial charge in [-0.3, -0.25) is 18.7 Å². The van der Waals surface area contributed by atoms with Crippen molar-refractivity contribution in [2.45, 2.75) is 84.0 Å². The maximum Gasteiger partial charge on any atom is 0.342 e. The van der Waals surface area contributed by atoms with Crippen LogP contribution in [0.1, 0.15) is 52.0 Å². The molecule has 0 unspecified atom stereocenters. The summed E-state index contributed by atoms with van der Waals surface area (Å²) in [4.78, 5) is 39.8. The first-order chi connectivity index (χ1) is 26.0. The van der Waals surface area contributed by atoms with Gasteiger partial charge < -0.3 is 39.4 Å². The molecule has 1 aliphatic rings. The Morgan fingerprint density at radius 3 is 1.93 bits per heavy atom. The number of imidazole rings is 1. The maximum atomic E-state index is 15.0. The van der Waals surface area contributed by atoms with Crippen molar-refractivity contribution >= 4 is 59.3 Å². The number of benzene rings is 2. The number of esters is 2. The predicted molar refractivity (Wildman–Crippen MR) is 209 cm³/mol. The number of aliphatic hydroxyl groups is 2. The van der Waals surface area contributed by atoms with Gasteiger partial charge in [0.2, 0.25) is 11.8 Å². The number of aromatic nitrogens is 4. The van der Waals surface area contributed by atoms with Crippen LogP contribution in [0.2, 0.25) is 0 Å². The number of nitrogens with zero attached hydrogens (tertiary/aromatic N) is 4. The van der Waals surface area contributed by atoms with Gasteiger partial charge in [0.05, 0.1) is 13.7 Å². The smallest absolute Gasteiger partial charge is 0.342 e. The van der Waals surface area contributed by atoms with Gasteiger partial charge in [-0.15, -0.1) is 0 Å². The minimum atomic E-state index is -4.45. The van der Waals surface area contributed by atoms with Gasteiger partial charge in [-0.1, -0.05) is 88.4 Å². The molecule has 2 aromatic heterocycles. The normalized spacial score (nSPS) is 21.2. The SMILES string of the molecule is COc1nc(N)nc2c1nc(I)n2[C@@H]1O[C@H](COP(=O)(N[C@H](C(=O)OCc2ccccc2)C(C)C)N[C@H](C(=O)OCc2ccccc2)C(C)C)[C@@H](O)[C@@]1(C)O. The van der Waals surface area contributed by atoms with Gasteiger partial charge in [0.15, 0.2) is 21.2 Å². The Labute approximate surface area is 332 Å². The summed E-state index contributed by atoms with van der Waals surface area (Å²) in [6, 6.07) is 15.8. The van der Waals surface area contributed by atoms with Gasteiger partial charge >= 0.3 is 19.6 Å². The summed E-state index contributed by atoms with van der Waals surface area (Å²) in [7, 11) is -3.06. The molecule has 1 fully saturated rings. The zero-order valence-electron chi connectivity index (χ0n) is 31.3. The Kier molecular flexibility index (Phi) is 13.9. The van der Waals surface area contributed by atoms with Crippen LogP contribution in [0.4, 0.5) is 5.95 Å². The highest BCUT2D eigenvalue weighted by Crippen LogP contribution is 2.45. The van der Waals surface area contributed by atoms with E-state index in [9.17, 15) is 24.4 Å². The third kappa shape index (κ3) is 9.98. The number of aliphatic hydroxyl groups excluding tert-OH is 1. The number of anilines is 1. The van der Waals surface area contributed by atoms with E-state index >= 15 is 0 Å². The van der Waals surface area contributed by atoms with Crippen LogP contribution in [0.3, 0.4) is 0 Å². The number of carbonyl (C=O) groups excluding carboxylic acids is 2. The van der Waals surface area contributed by atoms with E-state index in [1.807, 2.05) is 59.0 Å². The lowest BCUT2D eigenvalue weighted by atomic mass is 9.96. The third-order valence-electron chi connectivity index (χ3n) is 8.99. The molecule has 0 spiro atoms. The molecule has 17 nitrogen and oxygen atoms in total. The number of hydrogen-bond acceptors (Lipinski definition) is 14. The summed E-state index contributed by atoms with van der Waals surface area (Å²) in [6.07, 6.45) is -4.19. The molecule has 55 heavy (non-hydrogen) atoms. The van der Waals surface area contributed by atoms with Crippen LogP contribution in [-0.2, 0) is 46.1 Å². The molecule has 19 heteroatoms. The highest BCUT2D eigenvalue weighted by Gasteiger charge is 2.55. The lowest BCUT2D eigenvalue weighted by Crippen LogP contribution is -2.49. The van der Waals surface area contributed by atoms with Crippen molar-refractivity contribution in [3.8, 4) is 5.88 Å². The predicted octanol–water partition coefficient (Wildman–Crippen LogP) is 3.87. The number of hydrogen-bond donors (Lipinski definition) is 5. The Bertz CT molecular complexity index is 1910. The Balaban J connectivity index is 1.41. The van der Waals surface area contributed by atoms with Crippen molar-refractivity contribution in [1.29, 1.82) is 0 Å². The standard InChI is InChI=1S/C36H47IN7O10P/c1-20(2)25(31(46)51-17-22-13-9-7-10-14-22)42-55(49,43-26(21(3)4)32(47)52-18-23-15-11-8-12-16-23)53-19-24-28(45)36(5,48)33(54-24)44-29-27(39-34(44)37)30(50-6)41-35(38)40-29/h7-16,20-21,24-26,28,33,45,48H,17-19H2,1-6H3,(H2,38,40,41)(H2,42,43,49)/t24-,25+,26+,28-,33-,36-/m1/s1. The molecule has 0 bridgehead atoms. The Morgan fingerprint density at radius 2 is 1.45 bits per heavy atom.